The SMILES string of the molecule is CCC1CCC2CC(c3ccc(-c4cccc(F)c4)c(F)c3)CCC2C1. The second-order valence-electron chi connectivity index (χ2n) is 8.37. The van der Waals surface area contributed by atoms with E-state index in [9.17, 15) is 8.78 Å². The molecule has 0 aliphatic heterocycles. The van der Waals surface area contributed by atoms with Crippen molar-refractivity contribution in [2.24, 2.45) is 17.8 Å². The number of rotatable bonds is 3. The van der Waals surface area contributed by atoms with E-state index in [2.05, 4.69) is 13.0 Å². The highest BCUT2D eigenvalue weighted by molar-refractivity contribution is 5.64. The second-order valence-corrected chi connectivity index (χ2v) is 8.37. The molecule has 138 valence electrons. The summed E-state index contributed by atoms with van der Waals surface area (Å²) in [6.45, 7) is 2.32. The Kier molecular flexibility index (Phi) is 5.11. The highest BCUT2D eigenvalue weighted by Gasteiger charge is 2.35. The number of hydrogen-bond donors (Lipinski definition) is 0. The number of benzene rings is 2. The van der Waals surface area contributed by atoms with E-state index in [1.165, 1.54) is 57.1 Å². The summed E-state index contributed by atoms with van der Waals surface area (Å²) >= 11 is 0. The van der Waals surface area contributed by atoms with Crippen LogP contribution in [0.5, 0.6) is 0 Å². The molecular weight excluding hydrogens is 326 g/mol. The Morgan fingerprint density at radius 1 is 0.885 bits per heavy atom. The largest absolute Gasteiger partial charge is 0.207 e. The fourth-order valence-corrected chi connectivity index (χ4v) is 5.34. The fraction of sp³-hybridized carbons (Fsp3) is 0.500. The van der Waals surface area contributed by atoms with E-state index in [1.54, 1.807) is 18.2 Å². The molecule has 4 atom stereocenters. The Bertz CT molecular complexity index is 767. The molecule has 0 radical (unpaired) electrons. The van der Waals surface area contributed by atoms with Crippen LogP contribution in [0.1, 0.15) is 63.4 Å². The van der Waals surface area contributed by atoms with Crippen molar-refractivity contribution in [2.45, 2.75) is 57.8 Å². The molecule has 2 fully saturated rings. The molecule has 26 heavy (non-hydrogen) atoms. The second kappa shape index (κ2) is 7.50. The first kappa shape index (κ1) is 17.7. The summed E-state index contributed by atoms with van der Waals surface area (Å²) in [5.74, 6) is 2.56. The number of halogens is 2. The van der Waals surface area contributed by atoms with Crippen LogP contribution in [-0.4, -0.2) is 0 Å². The third-order valence-corrected chi connectivity index (χ3v) is 6.90. The van der Waals surface area contributed by atoms with Gasteiger partial charge in [-0.1, -0.05) is 44.0 Å². The molecule has 2 saturated carbocycles. The Labute approximate surface area is 155 Å². The average Bonchev–Trinajstić information content (AvgIpc) is 2.67. The zero-order valence-electron chi connectivity index (χ0n) is 15.6. The van der Waals surface area contributed by atoms with Crippen LogP contribution in [0.4, 0.5) is 8.78 Å². The lowest BCUT2D eigenvalue weighted by atomic mass is 9.63. The van der Waals surface area contributed by atoms with Gasteiger partial charge in [0, 0.05) is 5.56 Å². The fourth-order valence-electron chi connectivity index (χ4n) is 5.34. The molecule has 4 rings (SSSR count). The minimum Gasteiger partial charge on any atom is -0.207 e. The van der Waals surface area contributed by atoms with Crippen LogP contribution in [0.25, 0.3) is 11.1 Å². The molecule has 4 unspecified atom stereocenters. The lowest BCUT2D eigenvalue weighted by Crippen LogP contribution is -2.30. The Hall–Kier alpha value is -1.70. The van der Waals surface area contributed by atoms with Gasteiger partial charge in [0.2, 0.25) is 0 Å². The lowest BCUT2D eigenvalue weighted by Gasteiger charge is -2.42. The quantitative estimate of drug-likeness (QED) is 0.541. The first-order valence-corrected chi connectivity index (χ1v) is 10.2. The molecule has 0 heterocycles. The maximum absolute atomic E-state index is 14.7. The molecule has 2 aromatic rings. The molecular formula is C24H28F2. The van der Waals surface area contributed by atoms with Gasteiger partial charge in [-0.25, -0.2) is 8.78 Å². The Morgan fingerprint density at radius 2 is 1.69 bits per heavy atom. The van der Waals surface area contributed by atoms with Crippen LogP contribution in [0, 0.1) is 29.4 Å². The van der Waals surface area contributed by atoms with Crippen molar-refractivity contribution in [3.8, 4) is 11.1 Å². The van der Waals surface area contributed by atoms with Crippen LogP contribution in [0.15, 0.2) is 42.5 Å². The van der Waals surface area contributed by atoms with Gasteiger partial charge < -0.3 is 0 Å². The van der Waals surface area contributed by atoms with Crippen molar-refractivity contribution in [3.63, 3.8) is 0 Å². The molecule has 0 aromatic heterocycles. The first-order chi connectivity index (χ1) is 12.6. The van der Waals surface area contributed by atoms with Crippen molar-refractivity contribution >= 4 is 0 Å². The molecule has 0 saturated heterocycles. The van der Waals surface area contributed by atoms with Gasteiger partial charge in [-0.2, -0.15) is 0 Å². The lowest BCUT2D eigenvalue weighted by molar-refractivity contribution is 0.116. The monoisotopic (exact) mass is 354 g/mol. The maximum atomic E-state index is 14.7. The van der Waals surface area contributed by atoms with Crippen molar-refractivity contribution in [1.82, 2.24) is 0 Å². The predicted octanol–water partition coefficient (Wildman–Crippen LogP) is 7.34. The topological polar surface area (TPSA) is 0 Å². The van der Waals surface area contributed by atoms with E-state index in [-0.39, 0.29) is 11.6 Å². The minimum atomic E-state index is -0.327. The van der Waals surface area contributed by atoms with Gasteiger partial charge in [-0.15, -0.1) is 0 Å². The van der Waals surface area contributed by atoms with Crippen molar-refractivity contribution in [2.75, 3.05) is 0 Å². The molecule has 0 bridgehead atoms. The zero-order chi connectivity index (χ0) is 18.1. The summed E-state index contributed by atoms with van der Waals surface area (Å²) in [5, 5.41) is 0. The van der Waals surface area contributed by atoms with Gasteiger partial charge in [0.05, 0.1) is 0 Å². The van der Waals surface area contributed by atoms with Crippen molar-refractivity contribution in [3.05, 3.63) is 59.7 Å². The van der Waals surface area contributed by atoms with E-state index >= 15 is 0 Å². The average molecular weight is 354 g/mol. The molecule has 2 aromatic carbocycles. The summed E-state index contributed by atoms with van der Waals surface area (Å²) in [4.78, 5) is 0. The van der Waals surface area contributed by atoms with Gasteiger partial charge in [0.25, 0.3) is 0 Å². The highest BCUT2D eigenvalue weighted by Crippen LogP contribution is 2.48. The standard InChI is InChI=1S/C24H28F2/c1-2-16-6-7-18-13-19(9-8-17(18)12-16)20-10-11-23(24(26)15-20)21-4-3-5-22(25)14-21/h3-5,10-11,14-19H,2,6-9,12-13H2,1H3. The smallest absolute Gasteiger partial charge is 0.131 e. The summed E-state index contributed by atoms with van der Waals surface area (Å²) in [6.07, 6.45) is 9.12. The van der Waals surface area contributed by atoms with Gasteiger partial charge in [-0.3, -0.25) is 0 Å². The molecule has 2 aliphatic carbocycles. The Balaban J connectivity index is 1.50. The van der Waals surface area contributed by atoms with E-state index in [1.807, 2.05) is 6.07 Å². The molecule has 2 heteroatoms. The molecule has 0 nitrogen and oxygen atoms in total. The van der Waals surface area contributed by atoms with E-state index in [0.717, 1.165) is 23.3 Å². The van der Waals surface area contributed by atoms with Gasteiger partial charge in [0.15, 0.2) is 0 Å². The summed E-state index contributed by atoms with van der Waals surface area (Å²) in [5.41, 5.74) is 2.22. The van der Waals surface area contributed by atoms with Crippen LogP contribution in [0.2, 0.25) is 0 Å². The highest BCUT2D eigenvalue weighted by atomic mass is 19.1. The molecule has 0 N–H and O–H groups in total. The molecule has 0 spiro atoms. The molecule has 2 aliphatic rings. The normalized spacial score (nSPS) is 28.6. The first-order valence-electron chi connectivity index (χ1n) is 10.2. The summed E-state index contributed by atoms with van der Waals surface area (Å²) in [6, 6.07) is 11.8. The van der Waals surface area contributed by atoms with Gasteiger partial charge >= 0.3 is 0 Å². The van der Waals surface area contributed by atoms with Crippen LogP contribution in [-0.2, 0) is 0 Å². The predicted molar refractivity (Wildman–Crippen MR) is 103 cm³/mol. The molecule has 0 amide bonds. The summed E-state index contributed by atoms with van der Waals surface area (Å²) in [7, 11) is 0. The van der Waals surface area contributed by atoms with Crippen LogP contribution in [0.3, 0.4) is 0 Å². The van der Waals surface area contributed by atoms with E-state index in [4.69, 9.17) is 0 Å². The van der Waals surface area contributed by atoms with Crippen molar-refractivity contribution in [1.29, 1.82) is 0 Å². The minimum absolute atomic E-state index is 0.232. The van der Waals surface area contributed by atoms with E-state index in [0.29, 0.717) is 17.0 Å². The maximum Gasteiger partial charge on any atom is 0.131 e. The van der Waals surface area contributed by atoms with Crippen LogP contribution < -0.4 is 0 Å². The van der Waals surface area contributed by atoms with Gasteiger partial charge in [0.1, 0.15) is 11.6 Å². The Morgan fingerprint density at radius 3 is 2.46 bits per heavy atom. The summed E-state index contributed by atoms with van der Waals surface area (Å²) < 4.78 is 28.2. The number of hydrogen-bond acceptors (Lipinski definition) is 0. The number of fused-ring (bicyclic) bond motifs is 1. The third-order valence-electron chi connectivity index (χ3n) is 6.90. The van der Waals surface area contributed by atoms with E-state index < -0.39 is 0 Å². The van der Waals surface area contributed by atoms with Crippen molar-refractivity contribution < 1.29 is 8.78 Å². The van der Waals surface area contributed by atoms with Crippen LogP contribution >= 0.6 is 0 Å². The zero-order valence-corrected chi connectivity index (χ0v) is 15.6. The third kappa shape index (κ3) is 3.56. The van der Waals surface area contributed by atoms with Gasteiger partial charge in [-0.05, 0) is 85.1 Å².